The normalized spacial score (nSPS) is 9.90. The summed E-state index contributed by atoms with van der Waals surface area (Å²) in [5.74, 6) is -0.837. The van der Waals surface area contributed by atoms with Gasteiger partial charge in [-0.3, -0.25) is 0 Å². The molecule has 0 amide bonds. The van der Waals surface area contributed by atoms with Crippen LogP contribution in [0.5, 0.6) is 11.5 Å². The fraction of sp³-hybridized carbons (Fsp3) is 0.0714. The molecule has 0 heterocycles. The number of benzene rings is 2. The molecule has 0 radical (unpaired) electrons. The average Bonchev–Trinajstić information content (AvgIpc) is 2.47. The van der Waals surface area contributed by atoms with Gasteiger partial charge in [-0.25, -0.2) is 4.79 Å². The van der Waals surface area contributed by atoms with Crippen LogP contribution in [0.4, 0.5) is 0 Å². The predicted octanol–water partition coefficient (Wildman–Crippen LogP) is 2.32. The molecule has 108 valence electrons. The van der Waals surface area contributed by atoms with Crippen LogP contribution < -0.4 is 4.74 Å². The molecule has 7 nitrogen and oxygen atoms in total. The van der Waals surface area contributed by atoms with Gasteiger partial charge in [0.25, 0.3) is 5.09 Å². The number of hydrogen-bond donors (Lipinski definition) is 1. The number of esters is 1. The minimum Gasteiger partial charge on any atom is -0.507 e. The summed E-state index contributed by atoms with van der Waals surface area (Å²) in [6, 6.07) is 12.6. The van der Waals surface area contributed by atoms with Gasteiger partial charge >= 0.3 is 5.97 Å². The molecule has 2 rings (SSSR count). The molecule has 0 aromatic heterocycles. The van der Waals surface area contributed by atoms with Crippen LogP contribution in [0, 0.1) is 10.1 Å². The van der Waals surface area contributed by atoms with Crippen molar-refractivity contribution in [3.63, 3.8) is 0 Å². The van der Waals surface area contributed by atoms with Gasteiger partial charge in [0, 0.05) is 5.56 Å². The highest BCUT2D eigenvalue weighted by Crippen LogP contribution is 2.24. The predicted molar refractivity (Wildman–Crippen MR) is 71.3 cm³/mol. The van der Waals surface area contributed by atoms with Crippen LogP contribution in [0.15, 0.2) is 48.5 Å². The number of para-hydroxylation sites is 2. The minimum absolute atomic E-state index is 0.0942. The first-order valence-corrected chi connectivity index (χ1v) is 5.93. The van der Waals surface area contributed by atoms with Gasteiger partial charge in [-0.15, -0.1) is 10.1 Å². The summed E-state index contributed by atoms with van der Waals surface area (Å²) in [5.41, 5.74) is 0.0255. The molecule has 2 aromatic rings. The molecule has 2 aromatic carbocycles. The Morgan fingerprint density at radius 3 is 2.52 bits per heavy atom. The summed E-state index contributed by atoms with van der Waals surface area (Å²) in [4.78, 5) is 26.3. The summed E-state index contributed by atoms with van der Waals surface area (Å²) >= 11 is 0. The van der Waals surface area contributed by atoms with Crippen molar-refractivity contribution in [1.82, 2.24) is 0 Å². The van der Waals surface area contributed by atoms with E-state index < -0.39 is 23.4 Å². The molecule has 0 aliphatic heterocycles. The molecule has 21 heavy (non-hydrogen) atoms. The number of aromatic hydroxyl groups is 1. The van der Waals surface area contributed by atoms with Gasteiger partial charge < -0.3 is 14.7 Å². The zero-order valence-electron chi connectivity index (χ0n) is 10.8. The van der Waals surface area contributed by atoms with Gasteiger partial charge in [0.15, 0.2) is 0 Å². The van der Waals surface area contributed by atoms with Crippen molar-refractivity contribution >= 4 is 5.97 Å². The first kappa shape index (κ1) is 14.3. The van der Waals surface area contributed by atoms with Gasteiger partial charge in [-0.1, -0.05) is 30.3 Å². The van der Waals surface area contributed by atoms with E-state index in [1.54, 1.807) is 30.3 Å². The third-order valence-electron chi connectivity index (χ3n) is 2.62. The number of phenolic OH excluding ortho intramolecular Hbond substituents is 1. The SMILES string of the molecule is O=C(Oc1ccccc1)c1cccc(CO[N+](=O)[O-])c1O. The molecule has 0 aliphatic rings. The molecule has 1 N–H and O–H groups in total. The van der Waals surface area contributed by atoms with Crippen LogP contribution in [0.1, 0.15) is 15.9 Å². The highest BCUT2D eigenvalue weighted by molar-refractivity contribution is 5.94. The highest BCUT2D eigenvalue weighted by atomic mass is 16.9. The number of carbonyl (C=O) groups is 1. The van der Waals surface area contributed by atoms with Gasteiger partial charge in [-0.2, -0.15) is 0 Å². The van der Waals surface area contributed by atoms with E-state index in [0.29, 0.717) is 5.75 Å². The van der Waals surface area contributed by atoms with Gasteiger partial charge in [0.05, 0.1) is 0 Å². The van der Waals surface area contributed by atoms with Gasteiger partial charge in [0.2, 0.25) is 0 Å². The van der Waals surface area contributed by atoms with Crippen molar-refractivity contribution in [2.45, 2.75) is 6.61 Å². The maximum Gasteiger partial charge on any atom is 0.347 e. The molecule has 0 saturated heterocycles. The summed E-state index contributed by atoms with van der Waals surface area (Å²) in [5, 5.41) is 19.1. The topological polar surface area (TPSA) is 98.9 Å². The van der Waals surface area contributed by atoms with E-state index in [2.05, 4.69) is 4.84 Å². The Balaban J connectivity index is 2.17. The molecule has 0 unspecified atom stereocenters. The lowest BCUT2D eigenvalue weighted by Gasteiger charge is -2.09. The Morgan fingerprint density at radius 2 is 1.86 bits per heavy atom. The molecule has 0 atom stereocenters. The maximum absolute atomic E-state index is 12.0. The Hall–Kier alpha value is -3.09. The number of phenols is 1. The number of ether oxygens (including phenoxy) is 1. The van der Waals surface area contributed by atoms with Crippen LogP contribution in [-0.4, -0.2) is 16.2 Å². The lowest BCUT2D eigenvalue weighted by atomic mass is 10.1. The van der Waals surface area contributed by atoms with Crippen LogP contribution in [0.3, 0.4) is 0 Å². The van der Waals surface area contributed by atoms with E-state index in [1.165, 1.54) is 18.2 Å². The second-order valence-corrected chi connectivity index (χ2v) is 4.01. The molecule has 0 saturated carbocycles. The third-order valence-corrected chi connectivity index (χ3v) is 2.62. The summed E-state index contributed by atoms with van der Waals surface area (Å²) in [6.45, 7) is -0.453. The Bertz CT molecular complexity index is 656. The van der Waals surface area contributed by atoms with E-state index >= 15 is 0 Å². The number of rotatable bonds is 5. The monoisotopic (exact) mass is 289 g/mol. The van der Waals surface area contributed by atoms with E-state index in [4.69, 9.17) is 4.74 Å². The van der Waals surface area contributed by atoms with Gasteiger partial charge in [0.1, 0.15) is 23.7 Å². The Kier molecular flexibility index (Phi) is 4.35. The first-order valence-electron chi connectivity index (χ1n) is 5.93. The fourth-order valence-corrected chi connectivity index (χ4v) is 1.65. The molecule has 7 heteroatoms. The lowest BCUT2D eigenvalue weighted by Crippen LogP contribution is -2.10. The van der Waals surface area contributed by atoms with Crippen LogP contribution in [0.2, 0.25) is 0 Å². The summed E-state index contributed by atoms with van der Waals surface area (Å²) < 4.78 is 5.09. The summed E-state index contributed by atoms with van der Waals surface area (Å²) in [6.07, 6.45) is 0. The standard InChI is InChI=1S/C14H11NO6/c16-13-10(9-20-15(18)19)5-4-8-12(13)14(17)21-11-6-2-1-3-7-11/h1-8,16H,9H2. The molecule has 0 bridgehead atoms. The van der Waals surface area contributed by atoms with Crippen LogP contribution in [0.25, 0.3) is 0 Å². The molecule has 0 spiro atoms. The summed E-state index contributed by atoms with van der Waals surface area (Å²) in [7, 11) is 0. The lowest BCUT2D eigenvalue weighted by molar-refractivity contribution is -0.763. The number of carbonyl (C=O) groups excluding carboxylic acids is 1. The maximum atomic E-state index is 12.0. The van der Waals surface area contributed by atoms with Crippen molar-refractivity contribution in [2.75, 3.05) is 0 Å². The van der Waals surface area contributed by atoms with Crippen molar-refractivity contribution in [3.05, 3.63) is 69.8 Å². The molecule has 0 fully saturated rings. The van der Waals surface area contributed by atoms with Crippen molar-refractivity contribution in [2.24, 2.45) is 0 Å². The fourth-order valence-electron chi connectivity index (χ4n) is 1.65. The smallest absolute Gasteiger partial charge is 0.347 e. The quantitative estimate of drug-likeness (QED) is 0.392. The Morgan fingerprint density at radius 1 is 1.14 bits per heavy atom. The largest absolute Gasteiger partial charge is 0.507 e. The highest BCUT2D eigenvalue weighted by Gasteiger charge is 2.16. The molecular formula is C14H11NO6. The second-order valence-electron chi connectivity index (χ2n) is 4.01. The van der Waals surface area contributed by atoms with Crippen molar-refractivity contribution in [3.8, 4) is 11.5 Å². The molecular weight excluding hydrogens is 278 g/mol. The zero-order valence-corrected chi connectivity index (χ0v) is 10.8. The van der Waals surface area contributed by atoms with E-state index in [9.17, 15) is 20.0 Å². The molecule has 0 aliphatic carbocycles. The van der Waals surface area contributed by atoms with E-state index in [1.807, 2.05) is 0 Å². The van der Waals surface area contributed by atoms with Crippen LogP contribution in [-0.2, 0) is 11.4 Å². The minimum atomic E-state index is -0.978. The number of nitrogens with zero attached hydrogens (tertiary/aromatic N) is 1. The Labute approximate surface area is 119 Å². The van der Waals surface area contributed by atoms with Crippen molar-refractivity contribution in [1.29, 1.82) is 0 Å². The average molecular weight is 289 g/mol. The van der Waals surface area contributed by atoms with E-state index in [-0.39, 0.29) is 11.1 Å². The van der Waals surface area contributed by atoms with Gasteiger partial charge in [-0.05, 0) is 18.2 Å². The number of hydrogen-bond acceptors (Lipinski definition) is 6. The van der Waals surface area contributed by atoms with Crippen LogP contribution >= 0.6 is 0 Å². The third kappa shape index (κ3) is 3.69. The first-order chi connectivity index (χ1) is 10.1. The zero-order chi connectivity index (χ0) is 15.2. The van der Waals surface area contributed by atoms with Crippen molar-refractivity contribution < 1.29 is 24.6 Å². The second kappa shape index (κ2) is 6.38. The van der Waals surface area contributed by atoms with E-state index in [0.717, 1.165) is 0 Å².